The number of unbranched alkanes of at least 4 members (excludes halogenated alkanes) is 1. The minimum Gasteiger partial charge on any atom is -0.382 e. The van der Waals surface area contributed by atoms with Crippen molar-refractivity contribution < 1.29 is 4.74 Å². The highest BCUT2D eigenvalue weighted by Gasteiger charge is 2.00. The van der Waals surface area contributed by atoms with E-state index in [9.17, 15) is 0 Å². The number of hydrogen-bond donors (Lipinski definition) is 2. The quantitative estimate of drug-likeness (QED) is 0.232. The second-order valence-electron chi connectivity index (χ2n) is 5.10. The van der Waals surface area contributed by atoms with E-state index in [2.05, 4.69) is 63.6 Å². The Balaban J connectivity index is 0.00000484. The van der Waals surface area contributed by atoms with Crippen LogP contribution in [0.25, 0.3) is 0 Å². The highest BCUT2D eigenvalue weighted by Crippen LogP contribution is 2.16. The van der Waals surface area contributed by atoms with E-state index < -0.39 is 0 Å². The van der Waals surface area contributed by atoms with Gasteiger partial charge in [0.25, 0.3) is 0 Å². The van der Waals surface area contributed by atoms with Gasteiger partial charge in [-0.3, -0.25) is 0 Å². The standard InChI is InChI=1S/C17H28BrN3O.HI/c1-4-19-17(20-10-6-7-11-22-5-2)21-13-15-8-9-16(18)12-14(15)3;/h8-9,12H,4-7,10-11,13H2,1-3H3,(H2,19,20,21);1H. The molecule has 1 aromatic rings. The molecular formula is C17H29BrIN3O. The second-order valence-corrected chi connectivity index (χ2v) is 6.01. The molecule has 0 spiro atoms. The van der Waals surface area contributed by atoms with Crippen molar-refractivity contribution in [1.29, 1.82) is 0 Å². The predicted molar refractivity (Wildman–Crippen MR) is 113 cm³/mol. The molecule has 0 bridgehead atoms. The number of halogens is 2. The van der Waals surface area contributed by atoms with Crippen LogP contribution in [0.5, 0.6) is 0 Å². The molecule has 132 valence electrons. The third-order valence-corrected chi connectivity index (χ3v) is 3.76. The molecular weight excluding hydrogens is 469 g/mol. The molecule has 6 heteroatoms. The molecule has 0 fully saturated rings. The average molecular weight is 498 g/mol. The Labute approximate surface area is 166 Å². The summed E-state index contributed by atoms with van der Waals surface area (Å²) in [5.74, 6) is 0.876. The first kappa shape index (κ1) is 22.7. The van der Waals surface area contributed by atoms with Crippen LogP contribution in [0.2, 0.25) is 0 Å². The summed E-state index contributed by atoms with van der Waals surface area (Å²) in [7, 11) is 0. The first-order valence-electron chi connectivity index (χ1n) is 8.02. The van der Waals surface area contributed by atoms with Crippen LogP contribution >= 0.6 is 39.9 Å². The molecule has 0 radical (unpaired) electrons. The number of hydrogen-bond acceptors (Lipinski definition) is 2. The topological polar surface area (TPSA) is 45.7 Å². The van der Waals surface area contributed by atoms with Gasteiger partial charge in [0.05, 0.1) is 6.54 Å². The molecule has 0 amide bonds. The molecule has 1 rings (SSSR count). The van der Waals surface area contributed by atoms with Crippen LogP contribution in [-0.4, -0.2) is 32.3 Å². The number of nitrogens with zero attached hydrogens (tertiary/aromatic N) is 1. The SMILES string of the molecule is CCNC(=NCc1ccc(Br)cc1C)NCCCCOCC.I. The smallest absolute Gasteiger partial charge is 0.191 e. The minimum atomic E-state index is 0. The van der Waals surface area contributed by atoms with Crippen LogP contribution in [0.15, 0.2) is 27.7 Å². The monoisotopic (exact) mass is 497 g/mol. The van der Waals surface area contributed by atoms with Crippen LogP contribution in [0, 0.1) is 6.92 Å². The Morgan fingerprint density at radius 1 is 1.22 bits per heavy atom. The molecule has 2 N–H and O–H groups in total. The van der Waals surface area contributed by atoms with Gasteiger partial charge in [-0.25, -0.2) is 4.99 Å². The predicted octanol–water partition coefficient (Wildman–Crippen LogP) is 4.25. The maximum Gasteiger partial charge on any atom is 0.191 e. The zero-order chi connectivity index (χ0) is 16.2. The van der Waals surface area contributed by atoms with Crippen molar-refractivity contribution in [3.63, 3.8) is 0 Å². The van der Waals surface area contributed by atoms with Gasteiger partial charge in [0.2, 0.25) is 0 Å². The summed E-state index contributed by atoms with van der Waals surface area (Å²) in [6.45, 7) is 10.3. The normalized spacial score (nSPS) is 11.0. The van der Waals surface area contributed by atoms with Gasteiger partial charge < -0.3 is 15.4 Å². The lowest BCUT2D eigenvalue weighted by Gasteiger charge is -2.12. The Bertz CT molecular complexity index is 469. The number of aryl methyl sites for hydroxylation is 1. The van der Waals surface area contributed by atoms with E-state index in [1.54, 1.807) is 0 Å². The van der Waals surface area contributed by atoms with Gasteiger partial charge in [-0.1, -0.05) is 22.0 Å². The highest BCUT2D eigenvalue weighted by molar-refractivity contribution is 14.0. The minimum absolute atomic E-state index is 0. The summed E-state index contributed by atoms with van der Waals surface area (Å²) < 4.78 is 6.45. The zero-order valence-electron chi connectivity index (χ0n) is 14.3. The molecule has 0 aromatic heterocycles. The molecule has 4 nitrogen and oxygen atoms in total. The van der Waals surface area contributed by atoms with E-state index in [1.807, 2.05) is 6.92 Å². The van der Waals surface area contributed by atoms with Gasteiger partial charge in [0, 0.05) is 30.8 Å². The molecule has 0 aliphatic heterocycles. The van der Waals surface area contributed by atoms with Crippen LogP contribution < -0.4 is 10.6 Å². The highest BCUT2D eigenvalue weighted by atomic mass is 127. The lowest BCUT2D eigenvalue weighted by molar-refractivity contribution is 0.143. The molecule has 0 heterocycles. The van der Waals surface area contributed by atoms with E-state index in [0.29, 0.717) is 6.54 Å². The summed E-state index contributed by atoms with van der Waals surface area (Å²) in [6.07, 6.45) is 2.16. The Morgan fingerprint density at radius 3 is 2.65 bits per heavy atom. The van der Waals surface area contributed by atoms with Crippen molar-refractivity contribution in [2.75, 3.05) is 26.3 Å². The van der Waals surface area contributed by atoms with Gasteiger partial charge in [0.15, 0.2) is 5.96 Å². The summed E-state index contributed by atoms with van der Waals surface area (Å²) >= 11 is 3.49. The summed E-state index contributed by atoms with van der Waals surface area (Å²) in [6, 6.07) is 6.30. The number of nitrogens with one attached hydrogen (secondary N) is 2. The third-order valence-electron chi connectivity index (χ3n) is 3.27. The van der Waals surface area contributed by atoms with Crippen LogP contribution in [0.4, 0.5) is 0 Å². The van der Waals surface area contributed by atoms with E-state index >= 15 is 0 Å². The lowest BCUT2D eigenvalue weighted by Crippen LogP contribution is -2.37. The van der Waals surface area contributed by atoms with Crippen molar-refractivity contribution >= 4 is 45.9 Å². The molecule has 0 atom stereocenters. The van der Waals surface area contributed by atoms with Crippen LogP contribution in [0.3, 0.4) is 0 Å². The van der Waals surface area contributed by atoms with Crippen molar-refractivity contribution in [2.24, 2.45) is 4.99 Å². The fourth-order valence-electron chi connectivity index (χ4n) is 2.02. The number of rotatable bonds is 9. The first-order valence-corrected chi connectivity index (χ1v) is 8.81. The molecule has 0 saturated heterocycles. The van der Waals surface area contributed by atoms with E-state index in [1.165, 1.54) is 11.1 Å². The average Bonchev–Trinajstić information content (AvgIpc) is 2.49. The summed E-state index contributed by atoms with van der Waals surface area (Å²) in [4.78, 5) is 4.66. The van der Waals surface area contributed by atoms with Gasteiger partial charge >= 0.3 is 0 Å². The van der Waals surface area contributed by atoms with Crippen molar-refractivity contribution in [3.8, 4) is 0 Å². The number of benzene rings is 1. The summed E-state index contributed by atoms with van der Waals surface area (Å²) in [5, 5.41) is 6.66. The first-order chi connectivity index (χ1) is 10.7. The lowest BCUT2D eigenvalue weighted by atomic mass is 10.1. The van der Waals surface area contributed by atoms with Gasteiger partial charge in [-0.05, 0) is 56.9 Å². The maximum absolute atomic E-state index is 5.34. The molecule has 0 aliphatic carbocycles. The Hall–Kier alpha value is -0.340. The molecule has 23 heavy (non-hydrogen) atoms. The molecule has 0 aliphatic rings. The Kier molecular flexibility index (Phi) is 13.8. The molecule has 0 saturated carbocycles. The van der Waals surface area contributed by atoms with Gasteiger partial charge in [0.1, 0.15) is 0 Å². The van der Waals surface area contributed by atoms with Gasteiger partial charge in [-0.15, -0.1) is 24.0 Å². The fraction of sp³-hybridized carbons (Fsp3) is 0.588. The number of ether oxygens (including phenoxy) is 1. The van der Waals surface area contributed by atoms with Crippen LogP contribution in [-0.2, 0) is 11.3 Å². The second kappa shape index (κ2) is 14.0. The van der Waals surface area contributed by atoms with E-state index in [4.69, 9.17) is 4.74 Å². The van der Waals surface area contributed by atoms with Gasteiger partial charge in [-0.2, -0.15) is 0 Å². The van der Waals surface area contributed by atoms with Crippen LogP contribution in [0.1, 0.15) is 37.8 Å². The van der Waals surface area contributed by atoms with E-state index in [0.717, 1.165) is 49.6 Å². The van der Waals surface area contributed by atoms with Crippen molar-refractivity contribution in [2.45, 2.75) is 40.2 Å². The maximum atomic E-state index is 5.34. The number of guanidine groups is 1. The van der Waals surface area contributed by atoms with Crippen molar-refractivity contribution in [1.82, 2.24) is 10.6 Å². The van der Waals surface area contributed by atoms with E-state index in [-0.39, 0.29) is 24.0 Å². The number of aliphatic imine (C=N–C) groups is 1. The largest absolute Gasteiger partial charge is 0.382 e. The summed E-state index contributed by atoms with van der Waals surface area (Å²) in [5.41, 5.74) is 2.50. The Morgan fingerprint density at radius 2 is 2.00 bits per heavy atom. The molecule has 0 unspecified atom stereocenters. The zero-order valence-corrected chi connectivity index (χ0v) is 18.2. The fourth-order valence-corrected chi connectivity index (χ4v) is 2.50. The van der Waals surface area contributed by atoms with Crippen molar-refractivity contribution in [3.05, 3.63) is 33.8 Å². The molecule has 1 aromatic carbocycles. The third kappa shape index (κ3) is 10.2.